The number of carbonyl (C=O) groups excluding carboxylic acids is 1. The van der Waals surface area contributed by atoms with Crippen molar-refractivity contribution in [3.05, 3.63) is 41.7 Å². The number of piperidine rings is 2. The van der Waals surface area contributed by atoms with Crippen molar-refractivity contribution in [1.82, 2.24) is 15.1 Å². The van der Waals surface area contributed by atoms with Gasteiger partial charge in [0.1, 0.15) is 5.82 Å². The Kier molecular flexibility index (Phi) is 8.32. The molecule has 2 fully saturated rings. The molecule has 190 valence electrons. The van der Waals surface area contributed by atoms with Crippen molar-refractivity contribution in [2.75, 3.05) is 39.3 Å². The van der Waals surface area contributed by atoms with Crippen molar-refractivity contribution in [3.63, 3.8) is 0 Å². The van der Waals surface area contributed by atoms with E-state index in [1.54, 1.807) is 0 Å². The second kappa shape index (κ2) is 10.7. The van der Waals surface area contributed by atoms with Gasteiger partial charge in [0.25, 0.3) is 0 Å². The lowest BCUT2D eigenvalue weighted by atomic mass is 9.75. The van der Waals surface area contributed by atoms with Crippen molar-refractivity contribution in [2.45, 2.75) is 52.6 Å². The minimum Gasteiger partial charge on any atom is -0.385 e. The first kappa shape index (κ1) is 26.5. The summed E-state index contributed by atoms with van der Waals surface area (Å²) in [6, 6.07) is 2.44. The maximum Gasteiger partial charge on any atom is 0.416 e. The van der Waals surface area contributed by atoms with Gasteiger partial charge in [-0.05, 0) is 74.2 Å². The van der Waals surface area contributed by atoms with Crippen molar-refractivity contribution in [2.24, 2.45) is 17.3 Å². The first-order valence-electron chi connectivity index (χ1n) is 12.1. The van der Waals surface area contributed by atoms with Crippen LogP contribution in [0.3, 0.4) is 0 Å². The highest BCUT2D eigenvalue weighted by molar-refractivity contribution is 5.78. The molecule has 3 rings (SSSR count). The molecule has 0 atom stereocenters. The number of likely N-dealkylation sites (tertiary alicyclic amines) is 2. The van der Waals surface area contributed by atoms with Gasteiger partial charge in [0.15, 0.2) is 0 Å². The monoisotopic (exact) mass is 483 g/mol. The van der Waals surface area contributed by atoms with Crippen LogP contribution in [0.5, 0.6) is 0 Å². The van der Waals surface area contributed by atoms with Crippen LogP contribution >= 0.6 is 0 Å². The Morgan fingerprint density at radius 1 is 1.03 bits per heavy atom. The van der Waals surface area contributed by atoms with E-state index >= 15 is 0 Å². The average molecular weight is 484 g/mol. The molecule has 1 N–H and O–H groups in total. The van der Waals surface area contributed by atoms with Crippen LogP contribution in [-0.2, 0) is 11.0 Å². The van der Waals surface area contributed by atoms with E-state index in [2.05, 4.69) is 37.6 Å². The number of benzene rings is 1. The zero-order chi connectivity index (χ0) is 25.1. The molecule has 2 heterocycles. The third-order valence-corrected chi connectivity index (χ3v) is 7.32. The van der Waals surface area contributed by atoms with E-state index < -0.39 is 17.6 Å². The number of hydrogen-bond acceptors (Lipinski definition) is 3. The predicted octanol–water partition coefficient (Wildman–Crippen LogP) is 5.40. The van der Waals surface area contributed by atoms with E-state index in [1.807, 2.05) is 4.90 Å². The summed E-state index contributed by atoms with van der Waals surface area (Å²) in [5.74, 6) is 0.204. The summed E-state index contributed by atoms with van der Waals surface area (Å²) in [6.45, 7) is 14.9. The van der Waals surface area contributed by atoms with Crippen molar-refractivity contribution in [1.29, 1.82) is 0 Å². The van der Waals surface area contributed by atoms with Crippen LogP contribution in [0.15, 0.2) is 24.8 Å². The summed E-state index contributed by atoms with van der Waals surface area (Å²) < 4.78 is 52.5. The van der Waals surface area contributed by atoms with Gasteiger partial charge >= 0.3 is 6.18 Å². The highest BCUT2D eigenvalue weighted by Gasteiger charge is 2.32. The Bertz CT molecular complexity index is 862. The van der Waals surface area contributed by atoms with Crippen molar-refractivity contribution >= 4 is 11.6 Å². The fraction of sp³-hybridized carbons (Fsp3) is 0.654. The Morgan fingerprint density at radius 3 is 2.21 bits per heavy atom. The van der Waals surface area contributed by atoms with E-state index in [4.69, 9.17) is 0 Å². The quantitative estimate of drug-likeness (QED) is 0.551. The van der Waals surface area contributed by atoms with Gasteiger partial charge in [-0.1, -0.05) is 27.4 Å². The molecule has 1 aromatic rings. The van der Waals surface area contributed by atoms with Gasteiger partial charge in [-0.2, -0.15) is 13.2 Å². The fourth-order valence-electron chi connectivity index (χ4n) is 4.93. The normalized spacial score (nSPS) is 19.3. The summed E-state index contributed by atoms with van der Waals surface area (Å²) in [6.07, 6.45) is -0.725. The van der Waals surface area contributed by atoms with Gasteiger partial charge in [-0.3, -0.25) is 9.69 Å². The minimum absolute atomic E-state index is 0.0927. The second-order valence-corrected chi connectivity index (χ2v) is 10.8. The van der Waals surface area contributed by atoms with Gasteiger partial charge in [0.05, 0.1) is 12.1 Å². The van der Waals surface area contributed by atoms with Gasteiger partial charge in [-0.15, -0.1) is 0 Å². The van der Waals surface area contributed by atoms with Crippen LogP contribution in [0.2, 0.25) is 0 Å². The zero-order valence-electron chi connectivity index (χ0n) is 20.5. The van der Waals surface area contributed by atoms with E-state index in [-0.39, 0.29) is 23.1 Å². The molecule has 34 heavy (non-hydrogen) atoms. The number of nitrogens with one attached hydrogen (secondary N) is 1. The standard InChI is InChI=1S/C26H37F4N3O/c1-18(20-13-22(26(28,29)30)15-23(27)14-20)31-16-19-5-11-33(12-6-19)24(34)17-32-9-7-21(8-10-32)25(2,3)4/h13-15,19,21,31H,1,5-12,16-17H2,2-4H3. The Hall–Kier alpha value is -2.09. The third-order valence-electron chi connectivity index (χ3n) is 7.32. The van der Waals surface area contributed by atoms with E-state index in [0.717, 1.165) is 50.9 Å². The van der Waals surface area contributed by atoms with Gasteiger partial charge in [-0.25, -0.2) is 4.39 Å². The van der Waals surface area contributed by atoms with Crippen LogP contribution in [0, 0.1) is 23.1 Å². The fourth-order valence-corrected chi connectivity index (χ4v) is 4.93. The number of amides is 1. The molecule has 4 nitrogen and oxygen atoms in total. The maximum absolute atomic E-state index is 13.7. The smallest absolute Gasteiger partial charge is 0.385 e. The van der Waals surface area contributed by atoms with Gasteiger partial charge in [0.2, 0.25) is 5.91 Å². The zero-order valence-corrected chi connectivity index (χ0v) is 20.5. The molecule has 0 radical (unpaired) electrons. The van der Waals surface area contributed by atoms with Crippen LogP contribution in [0.25, 0.3) is 5.70 Å². The van der Waals surface area contributed by atoms with E-state index in [1.165, 1.54) is 0 Å². The topological polar surface area (TPSA) is 35.6 Å². The SMILES string of the molecule is C=C(NCC1CCN(C(=O)CN2CCC(C(C)(C)C)CC2)CC1)c1cc(F)cc(C(F)(F)F)c1. The van der Waals surface area contributed by atoms with Crippen LogP contribution in [0.4, 0.5) is 17.6 Å². The molecule has 0 unspecified atom stereocenters. The summed E-state index contributed by atoms with van der Waals surface area (Å²) >= 11 is 0. The molecule has 2 aliphatic rings. The Balaban J connectivity index is 1.41. The highest BCUT2D eigenvalue weighted by Crippen LogP contribution is 2.34. The second-order valence-electron chi connectivity index (χ2n) is 10.8. The summed E-state index contributed by atoms with van der Waals surface area (Å²) in [5, 5.41) is 3.06. The number of carbonyl (C=O) groups is 1. The molecule has 2 aliphatic heterocycles. The molecule has 8 heteroatoms. The number of rotatable bonds is 6. The molecular formula is C26H37F4N3O. The Morgan fingerprint density at radius 2 is 1.65 bits per heavy atom. The Labute approximate surface area is 200 Å². The molecule has 0 aliphatic carbocycles. The number of hydrogen-bond donors (Lipinski definition) is 1. The molecule has 1 aromatic carbocycles. The number of halogens is 4. The van der Waals surface area contributed by atoms with E-state index in [9.17, 15) is 22.4 Å². The highest BCUT2D eigenvalue weighted by atomic mass is 19.4. The minimum atomic E-state index is -4.61. The summed E-state index contributed by atoms with van der Waals surface area (Å²) in [5.41, 5.74) is -0.357. The lowest BCUT2D eigenvalue weighted by molar-refractivity contribution is -0.138. The lowest BCUT2D eigenvalue weighted by Gasteiger charge is -2.39. The molecule has 0 bridgehead atoms. The molecule has 2 saturated heterocycles. The largest absolute Gasteiger partial charge is 0.416 e. The molecule has 1 amide bonds. The molecular weight excluding hydrogens is 446 g/mol. The maximum atomic E-state index is 13.7. The van der Waals surface area contributed by atoms with Crippen molar-refractivity contribution < 1.29 is 22.4 Å². The molecule has 0 spiro atoms. The predicted molar refractivity (Wildman–Crippen MR) is 126 cm³/mol. The molecule has 0 saturated carbocycles. The first-order chi connectivity index (χ1) is 15.8. The summed E-state index contributed by atoms with van der Waals surface area (Å²) in [7, 11) is 0. The van der Waals surface area contributed by atoms with Crippen LogP contribution < -0.4 is 5.32 Å². The van der Waals surface area contributed by atoms with Gasteiger partial charge < -0.3 is 10.2 Å². The van der Waals surface area contributed by atoms with Crippen molar-refractivity contribution in [3.8, 4) is 0 Å². The summed E-state index contributed by atoms with van der Waals surface area (Å²) in [4.78, 5) is 17.0. The number of nitrogens with zero attached hydrogens (tertiary/aromatic N) is 2. The van der Waals surface area contributed by atoms with Crippen LogP contribution in [0.1, 0.15) is 57.6 Å². The number of alkyl halides is 3. The van der Waals surface area contributed by atoms with Gasteiger partial charge in [0, 0.05) is 30.9 Å². The average Bonchev–Trinajstić information content (AvgIpc) is 2.76. The first-order valence-corrected chi connectivity index (χ1v) is 12.1. The lowest BCUT2D eigenvalue weighted by Crippen LogP contribution is -2.47. The van der Waals surface area contributed by atoms with Crippen LogP contribution in [-0.4, -0.2) is 55.0 Å². The molecule has 0 aromatic heterocycles. The van der Waals surface area contributed by atoms with E-state index in [0.29, 0.717) is 43.6 Å². The third kappa shape index (κ3) is 7.20.